The summed E-state index contributed by atoms with van der Waals surface area (Å²) >= 11 is 0. The second kappa shape index (κ2) is 6.72. The van der Waals surface area contributed by atoms with Gasteiger partial charge in [-0.1, -0.05) is 6.92 Å². The number of benzene rings is 1. The molecule has 0 saturated carbocycles. The maximum atomic E-state index is 13.2. The summed E-state index contributed by atoms with van der Waals surface area (Å²) in [5.74, 6) is -1.25. The summed E-state index contributed by atoms with van der Waals surface area (Å²) in [6, 6.07) is 3.66. The third kappa shape index (κ3) is 4.24. The van der Waals surface area contributed by atoms with Crippen LogP contribution < -0.4 is 11.1 Å². The molecule has 1 aromatic rings. The van der Waals surface area contributed by atoms with Gasteiger partial charge in [0.25, 0.3) is 5.91 Å². The van der Waals surface area contributed by atoms with E-state index in [9.17, 15) is 14.0 Å². The molecule has 0 unspecified atom stereocenters. The van der Waals surface area contributed by atoms with Crippen LogP contribution in [0.4, 0.5) is 10.1 Å². The summed E-state index contributed by atoms with van der Waals surface area (Å²) in [5.41, 5.74) is 5.84. The fourth-order valence-electron chi connectivity index (χ4n) is 1.69. The number of nitrogens with two attached hydrogens (primary N) is 1. The molecule has 0 aromatic heterocycles. The second-order valence-electron chi connectivity index (χ2n) is 4.17. The molecule has 0 fully saturated rings. The van der Waals surface area contributed by atoms with Gasteiger partial charge in [-0.15, -0.1) is 0 Å². The first-order valence-corrected chi connectivity index (χ1v) is 6.03. The number of likely N-dealkylation sites (N-methyl/N-ethyl adjacent to an activating group) is 1. The minimum Gasteiger partial charge on any atom is -0.399 e. The first kappa shape index (κ1) is 14.9. The molecule has 0 radical (unpaired) electrons. The van der Waals surface area contributed by atoms with Gasteiger partial charge in [0.2, 0.25) is 5.91 Å². The average Bonchev–Trinajstić information content (AvgIpc) is 2.36. The molecule has 5 nitrogen and oxygen atoms in total. The van der Waals surface area contributed by atoms with Crippen molar-refractivity contribution in [2.45, 2.75) is 13.3 Å². The molecule has 0 aliphatic heterocycles. The third-order valence-corrected chi connectivity index (χ3v) is 2.56. The Labute approximate surface area is 111 Å². The number of nitrogens with zero attached hydrogens (tertiary/aromatic N) is 1. The Morgan fingerprint density at radius 1 is 1.37 bits per heavy atom. The summed E-state index contributed by atoms with van der Waals surface area (Å²) in [5, 5.41) is 2.45. The van der Waals surface area contributed by atoms with Crippen LogP contribution in [-0.2, 0) is 4.79 Å². The van der Waals surface area contributed by atoms with Gasteiger partial charge < -0.3 is 16.0 Å². The molecule has 1 aromatic carbocycles. The standard InChI is InChI=1S/C13H18FN3O2/c1-3-4-17(8-12(18)16-2)13(19)9-5-10(14)7-11(15)6-9/h5-7H,3-4,8,15H2,1-2H3,(H,16,18). The van der Waals surface area contributed by atoms with Crippen LogP contribution in [0, 0.1) is 5.82 Å². The minimum absolute atomic E-state index is 0.0560. The number of carbonyl (C=O) groups is 2. The van der Waals surface area contributed by atoms with Crippen molar-refractivity contribution in [3.05, 3.63) is 29.6 Å². The van der Waals surface area contributed by atoms with E-state index in [2.05, 4.69) is 5.32 Å². The van der Waals surface area contributed by atoms with Crippen LogP contribution in [-0.4, -0.2) is 36.9 Å². The maximum Gasteiger partial charge on any atom is 0.254 e. The van der Waals surface area contributed by atoms with E-state index in [0.29, 0.717) is 13.0 Å². The van der Waals surface area contributed by atoms with Gasteiger partial charge in [-0.2, -0.15) is 0 Å². The minimum atomic E-state index is -0.570. The van der Waals surface area contributed by atoms with Crippen LogP contribution in [0.2, 0.25) is 0 Å². The van der Waals surface area contributed by atoms with Gasteiger partial charge >= 0.3 is 0 Å². The highest BCUT2D eigenvalue weighted by Gasteiger charge is 2.18. The molecular weight excluding hydrogens is 249 g/mol. The van der Waals surface area contributed by atoms with Gasteiger partial charge in [0.05, 0.1) is 6.54 Å². The number of hydrogen-bond donors (Lipinski definition) is 2. The van der Waals surface area contributed by atoms with E-state index in [1.54, 1.807) is 0 Å². The second-order valence-corrected chi connectivity index (χ2v) is 4.17. The number of rotatable bonds is 5. The van der Waals surface area contributed by atoms with Crippen molar-refractivity contribution in [2.75, 3.05) is 25.9 Å². The molecule has 0 bridgehead atoms. The van der Waals surface area contributed by atoms with Crippen molar-refractivity contribution in [3.8, 4) is 0 Å². The van der Waals surface area contributed by atoms with E-state index < -0.39 is 11.7 Å². The zero-order valence-electron chi connectivity index (χ0n) is 11.1. The average molecular weight is 267 g/mol. The highest BCUT2D eigenvalue weighted by molar-refractivity contribution is 5.97. The normalized spacial score (nSPS) is 10.1. The van der Waals surface area contributed by atoms with E-state index in [1.807, 2.05) is 6.92 Å². The molecule has 3 N–H and O–H groups in total. The number of anilines is 1. The largest absolute Gasteiger partial charge is 0.399 e. The van der Waals surface area contributed by atoms with Crippen molar-refractivity contribution in [3.63, 3.8) is 0 Å². The van der Waals surface area contributed by atoms with Crippen molar-refractivity contribution in [1.82, 2.24) is 10.2 Å². The van der Waals surface area contributed by atoms with Crippen molar-refractivity contribution in [1.29, 1.82) is 0 Å². The lowest BCUT2D eigenvalue weighted by atomic mass is 10.1. The first-order chi connectivity index (χ1) is 8.97. The first-order valence-electron chi connectivity index (χ1n) is 6.03. The van der Waals surface area contributed by atoms with Gasteiger partial charge in [0.1, 0.15) is 5.82 Å². The number of halogens is 1. The third-order valence-electron chi connectivity index (χ3n) is 2.56. The summed E-state index contributed by atoms with van der Waals surface area (Å²) in [6.45, 7) is 2.26. The van der Waals surface area contributed by atoms with Crippen LogP contribution in [0.15, 0.2) is 18.2 Å². The SMILES string of the molecule is CCCN(CC(=O)NC)C(=O)c1cc(N)cc(F)c1. The molecular formula is C13H18FN3O2. The molecule has 0 aliphatic carbocycles. The number of carbonyl (C=O) groups excluding carboxylic acids is 2. The van der Waals surface area contributed by atoms with Crippen LogP contribution in [0.1, 0.15) is 23.7 Å². The lowest BCUT2D eigenvalue weighted by Gasteiger charge is -2.21. The summed E-state index contributed by atoms with van der Waals surface area (Å²) in [4.78, 5) is 24.9. The Morgan fingerprint density at radius 2 is 2.05 bits per heavy atom. The molecule has 6 heteroatoms. The van der Waals surface area contributed by atoms with Crippen molar-refractivity contribution in [2.24, 2.45) is 0 Å². The van der Waals surface area contributed by atoms with Gasteiger partial charge in [-0.25, -0.2) is 4.39 Å². The van der Waals surface area contributed by atoms with E-state index in [0.717, 1.165) is 12.1 Å². The van der Waals surface area contributed by atoms with Crippen molar-refractivity contribution >= 4 is 17.5 Å². The van der Waals surface area contributed by atoms with Gasteiger partial charge in [0.15, 0.2) is 0 Å². The summed E-state index contributed by atoms with van der Waals surface area (Å²) < 4.78 is 13.2. The van der Waals surface area contributed by atoms with Crippen LogP contribution in [0.3, 0.4) is 0 Å². The Bertz CT molecular complexity index is 457. The highest BCUT2D eigenvalue weighted by atomic mass is 19.1. The zero-order chi connectivity index (χ0) is 14.4. The molecule has 19 heavy (non-hydrogen) atoms. The molecule has 0 saturated heterocycles. The maximum absolute atomic E-state index is 13.2. The predicted molar refractivity (Wildman–Crippen MR) is 71.1 cm³/mol. The van der Waals surface area contributed by atoms with Gasteiger partial charge in [-0.05, 0) is 24.6 Å². The monoisotopic (exact) mass is 267 g/mol. The quantitative estimate of drug-likeness (QED) is 0.782. The number of nitrogen functional groups attached to an aromatic ring is 1. The highest BCUT2D eigenvalue weighted by Crippen LogP contribution is 2.13. The number of amides is 2. The van der Waals surface area contributed by atoms with Crippen LogP contribution >= 0.6 is 0 Å². The van der Waals surface area contributed by atoms with E-state index in [-0.39, 0.29) is 23.7 Å². The Kier molecular flexibility index (Phi) is 5.29. The van der Waals surface area contributed by atoms with Crippen molar-refractivity contribution < 1.29 is 14.0 Å². The molecule has 0 heterocycles. The van der Waals surface area contributed by atoms with E-state index >= 15 is 0 Å². The number of nitrogens with one attached hydrogen (secondary N) is 1. The molecule has 2 amide bonds. The lowest BCUT2D eigenvalue weighted by molar-refractivity contribution is -0.121. The van der Waals surface area contributed by atoms with Crippen LogP contribution in [0.5, 0.6) is 0 Å². The predicted octanol–water partition coefficient (Wildman–Crippen LogP) is 1.01. The van der Waals surface area contributed by atoms with E-state index in [4.69, 9.17) is 5.73 Å². The number of hydrogen-bond acceptors (Lipinski definition) is 3. The smallest absolute Gasteiger partial charge is 0.254 e. The van der Waals surface area contributed by atoms with E-state index in [1.165, 1.54) is 18.0 Å². The molecule has 0 spiro atoms. The Balaban J connectivity index is 2.94. The fraction of sp³-hybridized carbons (Fsp3) is 0.385. The zero-order valence-corrected chi connectivity index (χ0v) is 11.1. The molecule has 1 rings (SSSR count). The molecule has 104 valence electrons. The van der Waals surface area contributed by atoms with Gasteiger partial charge in [0, 0.05) is 24.8 Å². The fourth-order valence-corrected chi connectivity index (χ4v) is 1.69. The van der Waals surface area contributed by atoms with Crippen LogP contribution in [0.25, 0.3) is 0 Å². The summed E-state index contributed by atoms with van der Waals surface area (Å²) in [6.07, 6.45) is 0.702. The Hall–Kier alpha value is -2.11. The molecule has 0 aliphatic rings. The summed E-state index contributed by atoms with van der Waals surface area (Å²) in [7, 11) is 1.50. The molecule has 0 atom stereocenters. The van der Waals surface area contributed by atoms with Gasteiger partial charge in [-0.3, -0.25) is 9.59 Å². The topological polar surface area (TPSA) is 75.4 Å². The lowest BCUT2D eigenvalue weighted by Crippen LogP contribution is -2.40. The Morgan fingerprint density at radius 3 is 2.58 bits per heavy atom.